The second-order valence-corrected chi connectivity index (χ2v) is 8.21. The summed E-state index contributed by atoms with van der Waals surface area (Å²) in [6, 6.07) is 0. The molecule has 1 N–H and O–H groups in total. The van der Waals surface area contributed by atoms with Crippen LogP contribution in [0.25, 0.3) is 0 Å². The van der Waals surface area contributed by atoms with Gasteiger partial charge in [0, 0.05) is 37.6 Å². The van der Waals surface area contributed by atoms with E-state index in [0.717, 1.165) is 37.6 Å². The highest BCUT2D eigenvalue weighted by molar-refractivity contribution is 7.91. The van der Waals surface area contributed by atoms with E-state index in [0.29, 0.717) is 18.1 Å². The topological polar surface area (TPSA) is 75.2 Å². The lowest BCUT2D eigenvalue weighted by Crippen LogP contribution is -2.24. The first kappa shape index (κ1) is 14.7. The molecule has 0 aliphatic carbocycles. The van der Waals surface area contributed by atoms with Gasteiger partial charge in [-0.3, -0.25) is 0 Å². The van der Waals surface area contributed by atoms with Crippen molar-refractivity contribution in [2.45, 2.75) is 25.8 Å². The molecule has 0 spiro atoms. The van der Waals surface area contributed by atoms with Crippen LogP contribution in [0, 0.1) is 5.92 Å². The van der Waals surface area contributed by atoms with E-state index in [9.17, 15) is 8.42 Å². The molecule has 6 nitrogen and oxygen atoms in total. The summed E-state index contributed by atoms with van der Waals surface area (Å²) in [6.45, 7) is 3.53. The number of hydrogen-bond acceptors (Lipinski definition) is 6. The molecule has 0 unspecified atom stereocenters. The molecule has 3 rings (SSSR count). The van der Waals surface area contributed by atoms with Gasteiger partial charge in [0.1, 0.15) is 0 Å². The van der Waals surface area contributed by atoms with Gasteiger partial charge in [-0.15, -0.1) is 0 Å². The molecule has 1 aromatic heterocycles. The third kappa shape index (κ3) is 3.91. The molecule has 116 valence electrons. The van der Waals surface area contributed by atoms with Gasteiger partial charge in [-0.25, -0.2) is 18.4 Å². The first-order valence-electron chi connectivity index (χ1n) is 7.59. The van der Waals surface area contributed by atoms with E-state index in [1.807, 2.05) is 12.4 Å². The van der Waals surface area contributed by atoms with E-state index in [-0.39, 0.29) is 5.92 Å². The van der Waals surface area contributed by atoms with Crippen LogP contribution in [0.1, 0.15) is 24.8 Å². The van der Waals surface area contributed by atoms with E-state index in [1.54, 1.807) is 0 Å². The third-order valence-electron chi connectivity index (χ3n) is 4.17. The lowest BCUT2D eigenvalue weighted by Gasteiger charge is -2.15. The summed E-state index contributed by atoms with van der Waals surface area (Å²) in [7, 11) is -2.78. The fourth-order valence-corrected chi connectivity index (χ4v) is 4.84. The van der Waals surface area contributed by atoms with Crippen LogP contribution in [0.15, 0.2) is 12.4 Å². The molecule has 1 aromatic rings. The molecule has 21 heavy (non-hydrogen) atoms. The van der Waals surface area contributed by atoms with Gasteiger partial charge >= 0.3 is 0 Å². The highest BCUT2D eigenvalue weighted by Crippen LogP contribution is 2.18. The van der Waals surface area contributed by atoms with Crippen LogP contribution < -0.4 is 10.2 Å². The highest BCUT2D eigenvalue weighted by Gasteiger charge is 2.27. The first-order chi connectivity index (χ1) is 10.1. The Morgan fingerprint density at radius 3 is 2.57 bits per heavy atom. The average Bonchev–Trinajstić information content (AvgIpc) is 3.09. The van der Waals surface area contributed by atoms with Crippen LogP contribution in [-0.4, -0.2) is 49.5 Å². The zero-order valence-electron chi connectivity index (χ0n) is 12.2. The Labute approximate surface area is 125 Å². The van der Waals surface area contributed by atoms with Crippen molar-refractivity contribution in [2.75, 3.05) is 36.0 Å². The summed E-state index contributed by atoms with van der Waals surface area (Å²) in [4.78, 5) is 11.0. The van der Waals surface area contributed by atoms with Gasteiger partial charge in [-0.2, -0.15) is 0 Å². The first-order valence-corrected chi connectivity index (χ1v) is 9.41. The molecule has 0 amide bonds. The molecule has 3 heterocycles. The summed E-state index contributed by atoms with van der Waals surface area (Å²) in [5, 5.41) is 3.31. The standard InChI is InChI=1S/C14H22N4O2S/c19-21(20)6-3-12(11-21)7-15-8-13-9-16-14(17-10-13)18-4-1-2-5-18/h9-10,12,15H,1-8,11H2/t12-/m1/s1. The maximum absolute atomic E-state index is 11.4. The molecule has 7 heteroatoms. The minimum absolute atomic E-state index is 0.250. The summed E-state index contributed by atoms with van der Waals surface area (Å²) in [6.07, 6.45) is 6.94. The van der Waals surface area contributed by atoms with Gasteiger partial charge in [0.25, 0.3) is 0 Å². The quantitative estimate of drug-likeness (QED) is 0.858. The Bertz CT molecular complexity index is 567. The number of anilines is 1. The molecule has 0 aromatic carbocycles. The van der Waals surface area contributed by atoms with E-state index >= 15 is 0 Å². The van der Waals surface area contributed by atoms with E-state index in [1.165, 1.54) is 12.8 Å². The van der Waals surface area contributed by atoms with Gasteiger partial charge in [0.2, 0.25) is 5.95 Å². The Balaban J connectivity index is 1.45. The Hall–Kier alpha value is -1.21. The molecule has 0 bridgehead atoms. The van der Waals surface area contributed by atoms with Crippen molar-refractivity contribution in [2.24, 2.45) is 5.92 Å². The van der Waals surface area contributed by atoms with Crippen molar-refractivity contribution >= 4 is 15.8 Å². The van der Waals surface area contributed by atoms with Crippen molar-refractivity contribution < 1.29 is 8.42 Å². The van der Waals surface area contributed by atoms with E-state index < -0.39 is 9.84 Å². The summed E-state index contributed by atoms with van der Waals surface area (Å²) >= 11 is 0. The largest absolute Gasteiger partial charge is 0.341 e. The number of hydrogen-bond donors (Lipinski definition) is 1. The summed E-state index contributed by atoms with van der Waals surface area (Å²) in [5.74, 6) is 1.73. The molecule has 2 fully saturated rings. The zero-order valence-corrected chi connectivity index (χ0v) is 13.0. The number of nitrogens with zero attached hydrogens (tertiary/aromatic N) is 3. The third-order valence-corrected chi connectivity index (χ3v) is 6.01. The van der Waals surface area contributed by atoms with Gasteiger partial charge < -0.3 is 10.2 Å². The van der Waals surface area contributed by atoms with Crippen molar-refractivity contribution in [3.63, 3.8) is 0 Å². The van der Waals surface area contributed by atoms with Crippen LogP contribution in [0.4, 0.5) is 5.95 Å². The maximum atomic E-state index is 11.4. The molecular formula is C14H22N4O2S. The zero-order chi connectivity index (χ0) is 14.7. The van der Waals surface area contributed by atoms with Crippen molar-refractivity contribution in [1.82, 2.24) is 15.3 Å². The van der Waals surface area contributed by atoms with Gasteiger partial charge in [-0.05, 0) is 31.7 Å². The van der Waals surface area contributed by atoms with Crippen molar-refractivity contribution in [1.29, 1.82) is 0 Å². The predicted molar refractivity (Wildman–Crippen MR) is 81.9 cm³/mol. The molecule has 0 saturated carbocycles. The van der Waals surface area contributed by atoms with Gasteiger partial charge in [0.05, 0.1) is 11.5 Å². The lowest BCUT2D eigenvalue weighted by atomic mass is 10.1. The van der Waals surface area contributed by atoms with Crippen LogP contribution >= 0.6 is 0 Å². The number of sulfone groups is 1. The second-order valence-electron chi connectivity index (χ2n) is 5.99. The minimum Gasteiger partial charge on any atom is -0.341 e. The van der Waals surface area contributed by atoms with Gasteiger partial charge in [0.15, 0.2) is 9.84 Å². The number of aromatic nitrogens is 2. The van der Waals surface area contributed by atoms with E-state index in [2.05, 4.69) is 20.2 Å². The maximum Gasteiger partial charge on any atom is 0.225 e. The fourth-order valence-electron chi connectivity index (χ4n) is 2.97. The molecule has 2 saturated heterocycles. The smallest absolute Gasteiger partial charge is 0.225 e. The SMILES string of the molecule is O=S1(=O)CC[C@H](CNCc2cnc(N3CCCC3)nc2)C1. The molecule has 2 aliphatic rings. The molecule has 1 atom stereocenters. The Kier molecular flexibility index (Phi) is 4.40. The van der Waals surface area contributed by atoms with Crippen LogP contribution in [0.5, 0.6) is 0 Å². The van der Waals surface area contributed by atoms with Crippen LogP contribution in [0.3, 0.4) is 0 Å². The van der Waals surface area contributed by atoms with Crippen molar-refractivity contribution in [3.8, 4) is 0 Å². The Morgan fingerprint density at radius 2 is 1.95 bits per heavy atom. The fraction of sp³-hybridized carbons (Fsp3) is 0.714. The molecule has 0 radical (unpaired) electrons. The number of nitrogens with one attached hydrogen (secondary N) is 1. The summed E-state index contributed by atoms with van der Waals surface area (Å²) < 4.78 is 22.8. The second kappa shape index (κ2) is 6.27. The molecular weight excluding hydrogens is 288 g/mol. The van der Waals surface area contributed by atoms with Crippen LogP contribution in [0.2, 0.25) is 0 Å². The minimum atomic E-state index is -2.78. The predicted octanol–water partition coefficient (Wildman–Crippen LogP) is 0.601. The van der Waals surface area contributed by atoms with Crippen LogP contribution in [-0.2, 0) is 16.4 Å². The average molecular weight is 310 g/mol. The molecule has 2 aliphatic heterocycles. The van der Waals surface area contributed by atoms with E-state index in [4.69, 9.17) is 0 Å². The summed E-state index contributed by atoms with van der Waals surface area (Å²) in [5.41, 5.74) is 1.04. The lowest BCUT2D eigenvalue weighted by molar-refractivity contribution is 0.520. The van der Waals surface area contributed by atoms with Crippen molar-refractivity contribution in [3.05, 3.63) is 18.0 Å². The normalized spacial score (nSPS) is 24.6. The number of rotatable bonds is 5. The highest BCUT2D eigenvalue weighted by atomic mass is 32.2. The monoisotopic (exact) mass is 310 g/mol. The van der Waals surface area contributed by atoms with Gasteiger partial charge in [-0.1, -0.05) is 0 Å². The Morgan fingerprint density at radius 1 is 1.24 bits per heavy atom.